The number of carbonyl (C=O) groups excluding carboxylic acids is 1. The van der Waals surface area contributed by atoms with Crippen LogP contribution < -0.4 is 14.8 Å². The van der Waals surface area contributed by atoms with Gasteiger partial charge in [0.25, 0.3) is 5.91 Å². The highest BCUT2D eigenvalue weighted by Crippen LogP contribution is 2.27. The SMILES string of the molecule is CCCC[C@H](NC(=O)c1ccc(OC)c(OC)c1)C(=O)O. The number of nitrogens with one attached hydrogen (secondary N) is 1. The van der Waals surface area contributed by atoms with Crippen molar-refractivity contribution in [2.45, 2.75) is 32.2 Å². The summed E-state index contributed by atoms with van der Waals surface area (Å²) in [5.41, 5.74) is 0.329. The first-order chi connectivity index (χ1) is 10.0. The first-order valence-corrected chi connectivity index (χ1v) is 6.79. The molecule has 0 spiro atoms. The summed E-state index contributed by atoms with van der Waals surface area (Å²) in [6.07, 6.45) is 2.02. The molecule has 0 saturated heterocycles. The van der Waals surface area contributed by atoms with Crippen molar-refractivity contribution in [1.29, 1.82) is 0 Å². The van der Waals surface area contributed by atoms with Crippen LogP contribution in [0.3, 0.4) is 0 Å². The van der Waals surface area contributed by atoms with Crippen LogP contribution in [0.5, 0.6) is 11.5 Å². The Bertz CT molecular complexity index is 501. The van der Waals surface area contributed by atoms with Crippen molar-refractivity contribution < 1.29 is 24.2 Å². The molecule has 116 valence electrons. The van der Waals surface area contributed by atoms with E-state index in [0.717, 1.165) is 12.8 Å². The maximum Gasteiger partial charge on any atom is 0.326 e. The van der Waals surface area contributed by atoms with E-state index in [-0.39, 0.29) is 0 Å². The number of amides is 1. The van der Waals surface area contributed by atoms with Crippen LogP contribution in [0.4, 0.5) is 0 Å². The molecule has 0 fully saturated rings. The molecular weight excluding hydrogens is 274 g/mol. The molecule has 1 atom stereocenters. The number of carboxylic acids is 1. The molecule has 0 aliphatic heterocycles. The number of benzene rings is 1. The van der Waals surface area contributed by atoms with Gasteiger partial charge in [-0.1, -0.05) is 19.8 Å². The van der Waals surface area contributed by atoms with E-state index >= 15 is 0 Å². The number of unbranched alkanes of at least 4 members (excludes halogenated alkanes) is 1. The first-order valence-electron chi connectivity index (χ1n) is 6.79. The van der Waals surface area contributed by atoms with Crippen LogP contribution >= 0.6 is 0 Å². The summed E-state index contributed by atoms with van der Waals surface area (Å²) < 4.78 is 10.2. The second-order valence-corrected chi connectivity index (χ2v) is 4.58. The van der Waals surface area contributed by atoms with Crippen molar-refractivity contribution in [1.82, 2.24) is 5.32 Å². The zero-order chi connectivity index (χ0) is 15.8. The number of hydrogen-bond donors (Lipinski definition) is 2. The van der Waals surface area contributed by atoms with E-state index in [9.17, 15) is 9.59 Å². The average Bonchev–Trinajstić information content (AvgIpc) is 2.49. The summed E-state index contributed by atoms with van der Waals surface area (Å²) in [7, 11) is 2.98. The predicted molar refractivity (Wildman–Crippen MR) is 78.0 cm³/mol. The fourth-order valence-electron chi connectivity index (χ4n) is 1.88. The van der Waals surface area contributed by atoms with E-state index in [1.54, 1.807) is 12.1 Å². The van der Waals surface area contributed by atoms with Crippen LogP contribution in [0.15, 0.2) is 18.2 Å². The van der Waals surface area contributed by atoms with Gasteiger partial charge < -0.3 is 19.9 Å². The van der Waals surface area contributed by atoms with E-state index in [1.807, 2.05) is 6.92 Å². The van der Waals surface area contributed by atoms with Gasteiger partial charge in [0.05, 0.1) is 14.2 Å². The van der Waals surface area contributed by atoms with Crippen LogP contribution in [-0.4, -0.2) is 37.2 Å². The molecule has 0 radical (unpaired) electrons. The van der Waals surface area contributed by atoms with Crippen molar-refractivity contribution in [2.75, 3.05) is 14.2 Å². The molecule has 0 heterocycles. The number of rotatable bonds is 8. The summed E-state index contributed by atoms with van der Waals surface area (Å²) in [5.74, 6) is -0.544. The standard InChI is InChI=1S/C15H21NO5/c1-4-5-6-11(15(18)19)16-14(17)10-7-8-12(20-2)13(9-10)21-3/h7-9,11H,4-6H2,1-3H3,(H,16,17)(H,18,19)/t11-/m0/s1. The number of methoxy groups -OCH3 is 2. The van der Waals surface area contributed by atoms with Gasteiger partial charge in [-0.3, -0.25) is 4.79 Å². The number of carbonyl (C=O) groups is 2. The van der Waals surface area contributed by atoms with Crippen LogP contribution in [0.1, 0.15) is 36.5 Å². The lowest BCUT2D eigenvalue weighted by Gasteiger charge is -2.15. The smallest absolute Gasteiger partial charge is 0.326 e. The second kappa shape index (κ2) is 8.14. The van der Waals surface area contributed by atoms with E-state index < -0.39 is 17.9 Å². The Morgan fingerprint density at radius 3 is 2.43 bits per heavy atom. The molecule has 0 aromatic heterocycles. The Hall–Kier alpha value is -2.24. The number of ether oxygens (including phenoxy) is 2. The lowest BCUT2D eigenvalue weighted by Crippen LogP contribution is -2.40. The van der Waals surface area contributed by atoms with Gasteiger partial charge in [0, 0.05) is 5.56 Å². The van der Waals surface area contributed by atoms with Crippen LogP contribution in [-0.2, 0) is 4.79 Å². The van der Waals surface area contributed by atoms with Gasteiger partial charge in [0.2, 0.25) is 0 Å². The first kappa shape index (κ1) is 16.8. The minimum absolute atomic E-state index is 0.329. The Morgan fingerprint density at radius 2 is 1.90 bits per heavy atom. The van der Waals surface area contributed by atoms with Gasteiger partial charge >= 0.3 is 5.97 Å². The molecule has 0 aliphatic rings. The molecule has 6 heteroatoms. The normalized spacial score (nSPS) is 11.6. The van der Waals surface area contributed by atoms with Crippen molar-refractivity contribution in [3.8, 4) is 11.5 Å². The molecule has 1 amide bonds. The highest BCUT2D eigenvalue weighted by atomic mass is 16.5. The number of hydrogen-bond acceptors (Lipinski definition) is 4. The fraction of sp³-hybridized carbons (Fsp3) is 0.467. The minimum atomic E-state index is -1.03. The Morgan fingerprint density at radius 1 is 1.24 bits per heavy atom. The van der Waals surface area contributed by atoms with Crippen LogP contribution in [0.25, 0.3) is 0 Å². The largest absolute Gasteiger partial charge is 0.493 e. The molecule has 1 rings (SSSR count). The zero-order valence-corrected chi connectivity index (χ0v) is 12.5. The van der Waals surface area contributed by atoms with E-state index in [2.05, 4.69) is 5.32 Å². The quantitative estimate of drug-likeness (QED) is 0.767. The van der Waals surface area contributed by atoms with Crippen molar-refractivity contribution >= 4 is 11.9 Å². The van der Waals surface area contributed by atoms with E-state index in [4.69, 9.17) is 14.6 Å². The van der Waals surface area contributed by atoms with Crippen LogP contribution in [0.2, 0.25) is 0 Å². The summed E-state index contributed by atoms with van der Waals surface area (Å²) in [4.78, 5) is 23.3. The molecule has 0 unspecified atom stereocenters. The molecule has 1 aromatic carbocycles. The third kappa shape index (κ3) is 4.66. The van der Waals surface area contributed by atoms with Gasteiger partial charge in [0.15, 0.2) is 11.5 Å². The Labute approximate surface area is 124 Å². The van der Waals surface area contributed by atoms with Gasteiger partial charge in [-0.25, -0.2) is 4.79 Å². The molecule has 0 aliphatic carbocycles. The summed E-state index contributed by atoms with van der Waals surface area (Å²) in [5, 5.41) is 11.6. The van der Waals surface area contributed by atoms with Crippen molar-refractivity contribution in [3.05, 3.63) is 23.8 Å². The van der Waals surface area contributed by atoms with Gasteiger partial charge in [-0.05, 0) is 24.6 Å². The molecule has 0 saturated carbocycles. The summed E-state index contributed by atoms with van der Waals surface area (Å²) in [6.45, 7) is 1.97. The lowest BCUT2D eigenvalue weighted by molar-refractivity contribution is -0.139. The molecular formula is C15H21NO5. The average molecular weight is 295 g/mol. The fourth-order valence-corrected chi connectivity index (χ4v) is 1.88. The number of carboxylic acid groups (broad SMARTS) is 1. The topological polar surface area (TPSA) is 84.9 Å². The summed E-state index contributed by atoms with van der Waals surface area (Å²) in [6, 6.07) is 3.81. The monoisotopic (exact) mass is 295 g/mol. The maximum atomic E-state index is 12.1. The van der Waals surface area contributed by atoms with Gasteiger partial charge in [-0.2, -0.15) is 0 Å². The van der Waals surface area contributed by atoms with Crippen molar-refractivity contribution in [2.24, 2.45) is 0 Å². The minimum Gasteiger partial charge on any atom is -0.493 e. The molecule has 2 N–H and O–H groups in total. The highest BCUT2D eigenvalue weighted by molar-refractivity contribution is 5.97. The molecule has 1 aromatic rings. The molecule has 0 bridgehead atoms. The Kier molecular flexibility index (Phi) is 6.52. The van der Waals surface area contributed by atoms with Gasteiger partial charge in [0.1, 0.15) is 6.04 Å². The van der Waals surface area contributed by atoms with Gasteiger partial charge in [-0.15, -0.1) is 0 Å². The summed E-state index contributed by atoms with van der Waals surface area (Å²) >= 11 is 0. The maximum absolute atomic E-state index is 12.1. The molecule has 6 nitrogen and oxygen atoms in total. The third-order valence-electron chi connectivity index (χ3n) is 3.10. The number of aliphatic carboxylic acids is 1. The van der Waals surface area contributed by atoms with Crippen LogP contribution in [0, 0.1) is 0 Å². The van der Waals surface area contributed by atoms with E-state index in [0.29, 0.717) is 23.5 Å². The Balaban J connectivity index is 2.84. The van der Waals surface area contributed by atoms with E-state index in [1.165, 1.54) is 20.3 Å². The highest BCUT2D eigenvalue weighted by Gasteiger charge is 2.20. The third-order valence-corrected chi connectivity index (χ3v) is 3.10. The predicted octanol–water partition coefficient (Wildman–Crippen LogP) is 2.08. The second-order valence-electron chi connectivity index (χ2n) is 4.58. The molecule has 21 heavy (non-hydrogen) atoms. The van der Waals surface area contributed by atoms with Crippen molar-refractivity contribution in [3.63, 3.8) is 0 Å². The zero-order valence-electron chi connectivity index (χ0n) is 12.5. The lowest BCUT2D eigenvalue weighted by atomic mass is 10.1.